The number of aryl methyl sites for hydroxylation is 1. The number of sulfonamides is 1. The lowest BCUT2D eigenvalue weighted by atomic mass is 10.2. The summed E-state index contributed by atoms with van der Waals surface area (Å²) in [6.45, 7) is 2.12. The highest BCUT2D eigenvalue weighted by Gasteiger charge is 2.39. The van der Waals surface area contributed by atoms with Crippen LogP contribution in [0.4, 0.5) is 23.2 Å². The fraction of sp³-hybridized carbons (Fsp3) is 0.267. The number of halogens is 5. The maximum atomic E-state index is 13.1. The Balaban J connectivity index is 2.24. The summed E-state index contributed by atoms with van der Waals surface area (Å²) in [5.41, 5.74) is 0.130. The van der Waals surface area contributed by atoms with Gasteiger partial charge in [0.25, 0.3) is 15.9 Å². The van der Waals surface area contributed by atoms with Crippen LogP contribution in [0.15, 0.2) is 28.5 Å². The lowest BCUT2D eigenvalue weighted by Crippen LogP contribution is -2.42. The Labute approximate surface area is 161 Å². The molecule has 1 heterocycles. The van der Waals surface area contributed by atoms with Gasteiger partial charge < -0.3 is 5.32 Å². The van der Waals surface area contributed by atoms with E-state index < -0.39 is 38.2 Å². The third-order valence-electron chi connectivity index (χ3n) is 3.41. The molecule has 0 aliphatic carbocycles. The van der Waals surface area contributed by atoms with Crippen molar-refractivity contribution in [2.45, 2.75) is 30.3 Å². The van der Waals surface area contributed by atoms with E-state index in [1.807, 2.05) is 0 Å². The van der Waals surface area contributed by atoms with E-state index >= 15 is 0 Å². The van der Waals surface area contributed by atoms with Gasteiger partial charge in [-0.25, -0.2) is 12.8 Å². The molecule has 2 rings (SSSR count). The van der Waals surface area contributed by atoms with Crippen LogP contribution in [-0.2, 0) is 10.0 Å². The van der Waals surface area contributed by atoms with Crippen molar-refractivity contribution < 1.29 is 30.8 Å². The molecule has 0 fully saturated rings. The van der Waals surface area contributed by atoms with Gasteiger partial charge in [-0.2, -0.15) is 17.9 Å². The Morgan fingerprint density at radius 3 is 2.44 bits per heavy atom. The molecule has 27 heavy (non-hydrogen) atoms. The van der Waals surface area contributed by atoms with Crippen molar-refractivity contribution in [2.75, 3.05) is 5.32 Å². The number of hydrogen-bond donors (Lipinski definition) is 2. The zero-order chi connectivity index (χ0) is 20.6. The summed E-state index contributed by atoms with van der Waals surface area (Å²) in [6.07, 6.45) is -4.75. The highest BCUT2D eigenvalue weighted by molar-refractivity contribution is 7.91. The van der Waals surface area contributed by atoms with Gasteiger partial charge in [0.2, 0.25) is 0 Å². The van der Waals surface area contributed by atoms with Gasteiger partial charge in [0.1, 0.15) is 16.1 Å². The van der Waals surface area contributed by atoms with Crippen LogP contribution in [0.3, 0.4) is 0 Å². The molecule has 0 aliphatic heterocycles. The maximum absolute atomic E-state index is 13.1. The predicted molar refractivity (Wildman–Crippen MR) is 94.3 cm³/mol. The first-order valence-corrected chi connectivity index (χ1v) is 9.95. The molecule has 0 saturated heterocycles. The number of carbonyl (C=O) groups is 1. The molecule has 1 aromatic heterocycles. The summed E-state index contributed by atoms with van der Waals surface area (Å²) in [6, 6.07) is 2.15. The topological polar surface area (TPSA) is 75.3 Å². The van der Waals surface area contributed by atoms with Gasteiger partial charge >= 0.3 is 6.18 Å². The van der Waals surface area contributed by atoms with Crippen LogP contribution in [0.2, 0.25) is 5.02 Å². The van der Waals surface area contributed by atoms with Crippen LogP contribution in [0.25, 0.3) is 0 Å². The van der Waals surface area contributed by atoms with Gasteiger partial charge in [0.05, 0.1) is 10.6 Å². The van der Waals surface area contributed by atoms with Crippen LogP contribution >= 0.6 is 22.9 Å². The first-order chi connectivity index (χ1) is 12.3. The summed E-state index contributed by atoms with van der Waals surface area (Å²) in [4.78, 5) is 12.6. The molecule has 5 nitrogen and oxygen atoms in total. The van der Waals surface area contributed by atoms with Gasteiger partial charge in [0, 0.05) is 10.6 Å². The molecule has 1 aromatic carbocycles. The van der Waals surface area contributed by atoms with Crippen LogP contribution in [0.1, 0.15) is 22.2 Å². The van der Waals surface area contributed by atoms with Gasteiger partial charge in [-0.05, 0) is 38.1 Å². The maximum Gasteiger partial charge on any atom is 0.404 e. The SMILES string of the molecule is Cc1sc(S(=O)(=O)NC(C)C(F)(F)F)cc1C(=O)Nc1ccc(F)c(Cl)c1. The second kappa shape index (κ2) is 7.74. The largest absolute Gasteiger partial charge is 0.404 e. The standard InChI is InChI=1S/C15H13ClF4N2O3S2/c1-7-10(14(23)21-9-3-4-12(17)11(16)5-9)6-13(26-7)27(24,25)22-8(2)15(18,19)20/h3-6,8,22H,1-2H3,(H,21,23). The number of amides is 1. The van der Waals surface area contributed by atoms with Gasteiger partial charge in [-0.15, -0.1) is 11.3 Å². The number of thiophene rings is 1. The van der Waals surface area contributed by atoms with E-state index in [4.69, 9.17) is 11.6 Å². The molecule has 0 spiro atoms. The number of anilines is 1. The van der Waals surface area contributed by atoms with E-state index in [9.17, 15) is 30.8 Å². The lowest BCUT2D eigenvalue weighted by Gasteiger charge is -2.16. The third-order valence-corrected chi connectivity index (χ3v) is 6.76. The molecule has 148 valence electrons. The van der Waals surface area contributed by atoms with E-state index in [-0.39, 0.29) is 21.2 Å². The summed E-state index contributed by atoms with van der Waals surface area (Å²) in [5.74, 6) is -1.39. The Hall–Kier alpha value is -1.69. The Morgan fingerprint density at radius 2 is 1.89 bits per heavy atom. The molecular weight excluding hydrogens is 432 g/mol. The number of benzene rings is 1. The van der Waals surface area contributed by atoms with E-state index in [1.54, 1.807) is 0 Å². The number of nitrogens with one attached hydrogen (secondary N) is 2. The van der Waals surface area contributed by atoms with Crippen LogP contribution in [0.5, 0.6) is 0 Å². The molecule has 0 radical (unpaired) electrons. The fourth-order valence-corrected chi connectivity index (χ4v) is 4.81. The highest BCUT2D eigenvalue weighted by Crippen LogP contribution is 2.29. The minimum atomic E-state index is -4.75. The van der Waals surface area contributed by atoms with Crippen molar-refractivity contribution in [3.05, 3.63) is 45.5 Å². The van der Waals surface area contributed by atoms with E-state index in [2.05, 4.69) is 5.32 Å². The number of alkyl halides is 3. The van der Waals surface area contributed by atoms with Crippen molar-refractivity contribution in [1.82, 2.24) is 4.72 Å². The van der Waals surface area contributed by atoms with Crippen LogP contribution < -0.4 is 10.0 Å². The Bertz CT molecular complexity index is 974. The monoisotopic (exact) mass is 444 g/mol. The number of hydrogen-bond acceptors (Lipinski definition) is 4. The second-order valence-corrected chi connectivity index (χ2v) is 9.11. The van der Waals surface area contributed by atoms with E-state index in [1.165, 1.54) is 23.8 Å². The molecule has 0 aliphatic rings. The molecule has 2 N–H and O–H groups in total. The summed E-state index contributed by atoms with van der Waals surface area (Å²) in [7, 11) is -4.47. The van der Waals surface area contributed by atoms with Crippen LogP contribution in [0, 0.1) is 12.7 Å². The second-order valence-electron chi connectivity index (χ2n) is 5.50. The molecule has 1 amide bonds. The third kappa shape index (κ3) is 5.18. The number of rotatable bonds is 5. The first kappa shape index (κ1) is 21.6. The van der Waals surface area contributed by atoms with Crippen molar-refractivity contribution in [2.24, 2.45) is 0 Å². The predicted octanol–water partition coefficient (Wildman–Crippen LogP) is 4.33. The normalized spacial score (nSPS) is 13.4. The minimum Gasteiger partial charge on any atom is -0.322 e. The Kier molecular flexibility index (Phi) is 6.19. The molecule has 12 heteroatoms. The smallest absolute Gasteiger partial charge is 0.322 e. The molecule has 2 aromatic rings. The first-order valence-electron chi connectivity index (χ1n) is 7.27. The number of carbonyl (C=O) groups excluding carboxylic acids is 1. The van der Waals surface area contributed by atoms with Crippen LogP contribution in [-0.4, -0.2) is 26.5 Å². The quantitative estimate of drug-likeness (QED) is 0.674. The fourth-order valence-electron chi connectivity index (χ4n) is 1.94. The van der Waals surface area contributed by atoms with Crippen molar-refractivity contribution in [3.8, 4) is 0 Å². The zero-order valence-electron chi connectivity index (χ0n) is 13.8. The summed E-state index contributed by atoms with van der Waals surface area (Å²) >= 11 is 6.27. The molecular formula is C15H13ClF4N2O3S2. The van der Waals surface area contributed by atoms with Gasteiger partial charge in [-0.3, -0.25) is 4.79 Å². The molecule has 1 atom stereocenters. The average molecular weight is 445 g/mol. The average Bonchev–Trinajstić information content (AvgIpc) is 2.92. The minimum absolute atomic E-state index is 0.0412. The summed E-state index contributed by atoms with van der Waals surface area (Å²) < 4.78 is 76.3. The summed E-state index contributed by atoms with van der Waals surface area (Å²) in [5, 5.41) is 2.20. The van der Waals surface area contributed by atoms with Crippen molar-refractivity contribution in [1.29, 1.82) is 0 Å². The molecule has 1 unspecified atom stereocenters. The Morgan fingerprint density at radius 1 is 1.26 bits per heavy atom. The van der Waals surface area contributed by atoms with Crippen molar-refractivity contribution in [3.63, 3.8) is 0 Å². The highest BCUT2D eigenvalue weighted by atomic mass is 35.5. The van der Waals surface area contributed by atoms with Crippen molar-refractivity contribution >= 4 is 44.6 Å². The molecule has 0 bridgehead atoms. The van der Waals surface area contributed by atoms with Gasteiger partial charge in [-0.1, -0.05) is 11.6 Å². The van der Waals surface area contributed by atoms with Gasteiger partial charge in [0.15, 0.2) is 0 Å². The lowest BCUT2D eigenvalue weighted by molar-refractivity contribution is -0.147. The zero-order valence-corrected chi connectivity index (χ0v) is 16.2. The van der Waals surface area contributed by atoms with E-state index in [0.29, 0.717) is 18.3 Å². The van der Waals surface area contributed by atoms with E-state index in [0.717, 1.165) is 12.1 Å². The molecule has 0 saturated carbocycles.